The van der Waals surface area contributed by atoms with Crippen molar-refractivity contribution in [2.75, 3.05) is 17.8 Å². The van der Waals surface area contributed by atoms with E-state index >= 15 is 0 Å². The Kier molecular flexibility index (Phi) is 12.9. The van der Waals surface area contributed by atoms with Gasteiger partial charge in [-0.15, -0.1) is 0 Å². The molecule has 0 aliphatic rings. The van der Waals surface area contributed by atoms with Crippen molar-refractivity contribution < 1.29 is 24.3 Å². The van der Waals surface area contributed by atoms with Crippen molar-refractivity contribution in [2.45, 2.75) is 50.9 Å². The molecule has 6 N–H and O–H groups in total. The number of carboxylic acid groups (broad SMARTS) is 1. The minimum Gasteiger partial charge on any atom is -0.480 e. The first-order valence-electron chi connectivity index (χ1n) is 10.6. The number of hydrogen-bond acceptors (Lipinski definition) is 7. The highest BCUT2D eigenvalue weighted by Crippen LogP contribution is 2.07. The third kappa shape index (κ3) is 10.1. The number of amides is 3. The summed E-state index contributed by atoms with van der Waals surface area (Å²) in [6, 6.07) is 5.34. The molecule has 0 aromatic heterocycles. The smallest absolute Gasteiger partial charge is 0.326 e. The third-order valence-electron chi connectivity index (χ3n) is 4.92. The van der Waals surface area contributed by atoms with E-state index in [0.29, 0.717) is 12.2 Å². The summed E-state index contributed by atoms with van der Waals surface area (Å²) in [5.74, 6) is -2.62. The van der Waals surface area contributed by atoms with Crippen LogP contribution in [0.5, 0.6) is 0 Å². The maximum atomic E-state index is 12.8. The highest BCUT2D eigenvalue weighted by molar-refractivity contribution is 7.98. The van der Waals surface area contributed by atoms with Gasteiger partial charge in [0, 0.05) is 5.75 Å². The van der Waals surface area contributed by atoms with Gasteiger partial charge in [0.15, 0.2) is 0 Å². The molecule has 0 saturated carbocycles. The lowest BCUT2D eigenvalue weighted by Gasteiger charge is -2.26. The normalized spacial score (nSPS) is 14.6. The Hall–Kier alpha value is -2.24. The Morgan fingerprint density at radius 3 is 2.12 bits per heavy atom. The highest BCUT2D eigenvalue weighted by Gasteiger charge is 2.31. The van der Waals surface area contributed by atoms with E-state index in [1.54, 1.807) is 13.8 Å². The number of carbonyl (C=O) groups is 4. The zero-order chi connectivity index (χ0) is 25.0. The van der Waals surface area contributed by atoms with Crippen molar-refractivity contribution in [1.82, 2.24) is 16.0 Å². The van der Waals surface area contributed by atoms with Gasteiger partial charge in [-0.3, -0.25) is 14.4 Å². The Balaban J connectivity index is 2.77. The summed E-state index contributed by atoms with van der Waals surface area (Å²) in [6.45, 7) is 3.46. The zero-order valence-electron chi connectivity index (χ0n) is 19.1. The molecule has 1 aromatic carbocycles. The molecule has 4 atom stereocenters. The SMILES string of the molecule is CSCCC(NC(=O)C(NC(=O)C(CS)NC(=O)C(N)Cc1ccccc1)C(C)C)C(=O)O. The molecular formula is C22H34N4O5S2. The van der Waals surface area contributed by atoms with Crippen LogP contribution in [-0.2, 0) is 25.6 Å². The predicted octanol–water partition coefficient (Wildman–Crippen LogP) is 0.434. The van der Waals surface area contributed by atoms with E-state index in [9.17, 15) is 24.3 Å². The van der Waals surface area contributed by atoms with Crippen LogP contribution in [-0.4, -0.2) is 70.7 Å². The predicted molar refractivity (Wildman–Crippen MR) is 133 cm³/mol. The molecule has 0 spiro atoms. The molecule has 0 aliphatic heterocycles. The average Bonchev–Trinajstić information content (AvgIpc) is 2.78. The van der Waals surface area contributed by atoms with Gasteiger partial charge in [0.25, 0.3) is 0 Å². The van der Waals surface area contributed by atoms with E-state index < -0.39 is 47.9 Å². The van der Waals surface area contributed by atoms with E-state index in [4.69, 9.17) is 5.73 Å². The summed E-state index contributed by atoms with van der Waals surface area (Å²) in [5.41, 5.74) is 6.87. The van der Waals surface area contributed by atoms with Crippen molar-refractivity contribution in [1.29, 1.82) is 0 Å². The number of nitrogens with two attached hydrogens (primary N) is 1. The van der Waals surface area contributed by atoms with E-state index in [2.05, 4.69) is 28.6 Å². The summed E-state index contributed by atoms with van der Waals surface area (Å²) in [4.78, 5) is 49.5. The van der Waals surface area contributed by atoms with Crippen LogP contribution in [0.1, 0.15) is 25.8 Å². The molecule has 0 aliphatic carbocycles. The molecule has 0 heterocycles. The van der Waals surface area contributed by atoms with Crippen molar-refractivity contribution in [2.24, 2.45) is 11.7 Å². The Bertz CT molecular complexity index is 794. The number of carbonyl (C=O) groups excluding carboxylic acids is 3. The quantitative estimate of drug-likeness (QED) is 0.204. The maximum absolute atomic E-state index is 12.8. The number of thioether (sulfide) groups is 1. The van der Waals surface area contributed by atoms with Crippen molar-refractivity contribution in [3.63, 3.8) is 0 Å². The van der Waals surface area contributed by atoms with Crippen LogP contribution in [0.3, 0.4) is 0 Å². The maximum Gasteiger partial charge on any atom is 0.326 e. The van der Waals surface area contributed by atoms with Crippen LogP contribution in [0.2, 0.25) is 0 Å². The fourth-order valence-corrected chi connectivity index (χ4v) is 3.71. The fraction of sp³-hybridized carbons (Fsp3) is 0.545. The van der Waals surface area contributed by atoms with E-state index in [1.807, 2.05) is 36.6 Å². The van der Waals surface area contributed by atoms with Crippen LogP contribution >= 0.6 is 24.4 Å². The first-order chi connectivity index (χ1) is 15.6. The lowest BCUT2D eigenvalue weighted by molar-refractivity contribution is -0.142. The van der Waals surface area contributed by atoms with Gasteiger partial charge in [-0.1, -0.05) is 44.2 Å². The standard InChI is InChI=1S/C22H34N4O5S2/c1-13(2)18(21(29)24-16(22(30)31)9-10-33-3)26-20(28)17(12-32)25-19(27)15(23)11-14-7-5-4-6-8-14/h4-8,13,15-18,32H,9-12,23H2,1-3H3,(H,24,29)(H,25,27)(H,26,28)(H,30,31). The van der Waals surface area contributed by atoms with E-state index in [0.717, 1.165) is 5.56 Å². The third-order valence-corrected chi connectivity index (χ3v) is 5.93. The van der Waals surface area contributed by atoms with Crippen molar-refractivity contribution in [3.05, 3.63) is 35.9 Å². The summed E-state index contributed by atoms with van der Waals surface area (Å²) < 4.78 is 0. The second-order valence-corrected chi connectivity index (χ2v) is 9.30. The minimum atomic E-state index is -1.14. The molecule has 0 bridgehead atoms. The van der Waals surface area contributed by atoms with Gasteiger partial charge in [0.1, 0.15) is 18.1 Å². The lowest BCUT2D eigenvalue weighted by atomic mass is 10.0. The number of carboxylic acids is 1. The summed E-state index contributed by atoms with van der Waals surface area (Å²) in [5, 5.41) is 17.0. The fourth-order valence-electron chi connectivity index (χ4n) is 2.98. The average molecular weight is 499 g/mol. The number of hydrogen-bond donors (Lipinski definition) is 6. The lowest BCUT2D eigenvalue weighted by Crippen LogP contribution is -2.59. The molecule has 0 saturated heterocycles. The second-order valence-electron chi connectivity index (χ2n) is 7.95. The molecule has 33 heavy (non-hydrogen) atoms. The van der Waals surface area contributed by atoms with Gasteiger partial charge in [0.05, 0.1) is 6.04 Å². The molecule has 184 valence electrons. The highest BCUT2D eigenvalue weighted by atomic mass is 32.2. The van der Waals surface area contributed by atoms with Crippen LogP contribution in [0.15, 0.2) is 30.3 Å². The Morgan fingerprint density at radius 2 is 1.61 bits per heavy atom. The van der Waals surface area contributed by atoms with E-state index in [1.165, 1.54) is 11.8 Å². The molecule has 9 nitrogen and oxygen atoms in total. The number of nitrogens with one attached hydrogen (secondary N) is 3. The molecule has 11 heteroatoms. The molecular weight excluding hydrogens is 464 g/mol. The minimum absolute atomic E-state index is 0.00641. The van der Waals surface area contributed by atoms with Crippen LogP contribution in [0.4, 0.5) is 0 Å². The number of benzene rings is 1. The summed E-state index contributed by atoms with van der Waals surface area (Å²) in [6.07, 6.45) is 2.41. The second kappa shape index (κ2) is 14.8. The molecule has 0 fully saturated rings. The number of aliphatic carboxylic acids is 1. The van der Waals surface area contributed by atoms with Gasteiger partial charge in [-0.2, -0.15) is 24.4 Å². The van der Waals surface area contributed by atoms with Crippen molar-refractivity contribution >= 4 is 48.1 Å². The first-order valence-corrected chi connectivity index (χ1v) is 12.7. The number of rotatable bonds is 14. The van der Waals surface area contributed by atoms with Crippen LogP contribution < -0.4 is 21.7 Å². The number of thiol groups is 1. The molecule has 0 radical (unpaired) electrons. The monoisotopic (exact) mass is 498 g/mol. The first kappa shape index (κ1) is 28.8. The topological polar surface area (TPSA) is 151 Å². The van der Waals surface area contributed by atoms with Gasteiger partial charge in [-0.25, -0.2) is 4.79 Å². The summed E-state index contributed by atoms with van der Waals surface area (Å²) >= 11 is 5.62. The van der Waals surface area contributed by atoms with Crippen LogP contribution in [0, 0.1) is 5.92 Å². The Morgan fingerprint density at radius 1 is 1.00 bits per heavy atom. The van der Waals surface area contributed by atoms with Gasteiger partial charge >= 0.3 is 5.97 Å². The molecule has 3 amide bonds. The molecule has 1 aromatic rings. The molecule has 1 rings (SSSR count). The van der Waals surface area contributed by atoms with Crippen molar-refractivity contribution in [3.8, 4) is 0 Å². The van der Waals surface area contributed by atoms with Gasteiger partial charge in [0.2, 0.25) is 17.7 Å². The van der Waals surface area contributed by atoms with Gasteiger partial charge in [-0.05, 0) is 36.3 Å². The van der Waals surface area contributed by atoms with Crippen LogP contribution in [0.25, 0.3) is 0 Å². The largest absolute Gasteiger partial charge is 0.480 e. The molecule has 4 unspecified atom stereocenters. The summed E-state index contributed by atoms with van der Waals surface area (Å²) in [7, 11) is 0. The van der Waals surface area contributed by atoms with E-state index in [-0.39, 0.29) is 18.1 Å². The Labute approximate surface area is 204 Å². The van der Waals surface area contributed by atoms with Gasteiger partial charge < -0.3 is 26.8 Å². The zero-order valence-corrected chi connectivity index (χ0v) is 20.8.